The van der Waals surface area contributed by atoms with Gasteiger partial charge in [-0.25, -0.2) is 18.2 Å². The number of primary amides is 1. The van der Waals surface area contributed by atoms with Gasteiger partial charge in [0.25, 0.3) is 0 Å². The zero-order valence-corrected chi connectivity index (χ0v) is 12.1. The van der Waals surface area contributed by atoms with Gasteiger partial charge in [0.2, 0.25) is 15.9 Å². The van der Waals surface area contributed by atoms with Crippen LogP contribution in [0.2, 0.25) is 0 Å². The molecule has 0 radical (unpaired) electrons. The summed E-state index contributed by atoms with van der Waals surface area (Å²) in [4.78, 5) is 10.4. The Labute approximate surface area is 127 Å². The Morgan fingerprint density at radius 1 is 1.30 bits per heavy atom. The molecule has 124 valence electrons. The summed E-state index contributed by atoms with van der Waals surface area (Å²) >= 11 is 0. The van der Waals surface area contributed by atoms with Gasteiger partial charge in [-0.2, -0.15) is 13.2 Å². The smallest absolute Gasteiger partial charge is 0.369 e. The number of benzene rings is 1. The zero-order valence-electron chi connectivity index (χ0n) is 11.3. The Morgan fingerprint density at radius 3 is 2.43 bits per heavy atom. The van der Waals surface area contributed by atoms with E-state index in [2.05, 4.69) is 10.3 Å². The van der Waals surface area contributed by atoms with Crippen LogP contribution in [0.1, 0.15) is 11.3 Å². The fourth-order valence-corrected chi connectivity index (χ4v) is 2.57. The third-order valence-electron chi connectivity index (χ3n) is 2.74. The van der Waals surface area contributed by atoms with Crippen molar-refractivity contribution in [3.05, 3.63) is 35.7 Å². The number of primary sulfonamides is 1. The fourth-order valence-electron chi connectivity index (χ4n) is 1.80. The Balaban J connectivity index is 2.58. The zero-order chi connectivity index (χ0) is 17.4. The van der Waals surface area contributed by atoms with Gasteiger partial charge < -0.3 is 5.73 Å². The quantitative estimate of drug-likeness (QED) is 0.799. The van der Waals surface area contributed by atoms with E-state index in [1.807, 2.05) is 0 Å². The minimum atomic E-state index is -4.73. The Morgan fingerprint density at radius 2 is 1.96 bits per heavy atom. The highest BCUT2D eigenvalue weighted by atomic mass is 32.2. The highest BCUT2D eigenvalue weighted by Gasteiger charge is 2.35. The summed E-state index contributed by atoms with van der Waals surface area (Å²) in [5, 5.41) is 11.2. The predicted molar refractivity (Wildman–Crippen MR) is 70.6 cm³/mol. The van der Waals surface area contributed by atoms with Gasteiger partial charge in [-0.05, 0) is 17.7 Å². The third kappa shape index (κ3) is 3.84. The Bertz CT molecular complexity index is 860. The summed E-state index contributed by atoms with van der Waals surface area (Å²) in [7, 11) is -4.29. The summed E-state index contributed by atoms with van der Waals surface area (Å²) < 4.78 is 61.6. The molecule has 1 aromatic carbocycles. The molecule has 0 aliphatic carbocycles. The van der Waals surface area contributed by atoms with Crippen LogP contribution < -0.4 is 10.9 Å². The molecule has 0 aliphatic rings. The summed E-state index contributed by atoms with van der Waals surface area (Å²) in [5.74, 6) is -0.710. The number of nitrogens with zero attached hydrogens (tertiary/aromatic N) is 3. The first-order valence-electron chi connectivity index (χ1n) is 5.92. The second-order valence-corrected chi connectivity index (χ2v) is 6.07. The molecule has 1 aromatic heterocycles. The van der Waals surface area contributed by atoms with Gasteiger partial charge in [0.1, 0.15) is 4.90 Å². The number of nitrogens with two attached hydrogens (primary N) is 2. The van der Waals surface area contributed by atoms with Crippen LogP contribution in [0.25, 0.3) is 5.69 Å². The molecule has 0 atom stereocenters. The molecule has 23 heavy (non-hydrogen) atoms. The first kappa shape index (κ1) is 16.9. The van der Waals surface area contributed by atoms with Crippen molar-refractivity contribution in [3.8, 4) is 5.69 Å². The highest BCUT2D eigenvalue weighted by molar-refractivity contribution is 7.89. The fraction of sp³-hybridized carbons (Fsp3) is 0.182. The topological polar surface area (TPSA) is 134 Å². The van der Waals surface area contributed by atoms with Crippen molar-refractivity contribution in [2.24, 2.45) is 10.9 Å². The number of hydrogen-bond donors (Lipinski definition) is 2. The van der Waals surface area contributed by atoms with Crippen molar-refractivity contribution < 1.29 is 26.4 Å². The monoisotopic (exact) mass is 349 g/mol. The molecule has 0 aliphatic heterocycles. The summed E-state index contributed by atoms with van der Waals surface area (Å²) in [5.41, 5.74) is 3.72. The van der Waals surface area contributed by atoms with E-state index in [4.69, 9.17) is 10.9 Å². The maximum absolute atomic E-state index is 12.5. The molecule has 0 fully saturated rings. The van der Waals surface area contributed by atoms with Gasteiger partial charge in [-0.1, -0.05) is 11.3 Å². The minimum Gasteiger partial charge on any atom is -0.369 e. The lowest BCUT2D eigenvalue weighted by atomic mass is 10.1. The average molecular weight is 349 g/mol. The van der Waals surface area contributed by atoms with E-state index in [9.17, 15) is 26.4 Å². The molecule has 0 spiro atoms. The Hall–Kier alpha value is -2.47. The maximum atomic E-state index is 12.5. The molecule has 1 heterocycles. The van der Waals surface area contributed by atoms with Crippen LogP contribution in [0.5, 0.6) is 0 Å². The summed E-state index contributed by atoms with van der Waals surface area (Å²) in [6.07, 6.45) is -4.46. The van der Waals surface area contributed by atoms with Crippen LogP contribution in [0, 0.1) is 0 Å². The molecule has 0 saturated heterocycles. The average Bonchev–Trinajstić information content (AvgIpc) is 2.86. The van der Waals surface area contributed by atoms with Crippen molar-refractivity contribution in [2.75, 3.05) is 0 Å². The molecule has 0 saturated carbocycles. The highest BCUT2D eigenvalue weighted by Crippen LogP contribution is 2.28. The Kier molecular flexibility index (Phi) is 4.13. The van der Waals surface area contributed by atoms with Crippen molar-refractivity contribution in [2.45, 2.75) is 17.5 Å². The molecule has 8 nitrogen and oxygen atoms in total. The lowest BCUT2D eigenvalue weighted by molar-refractivity contribution is -0.141. The third-order valence-corrected chi connectivity index (χ3v) is 3.68. The number of rotatable bonds is 4. The van der Waals surface area contributed by atoms with E-state index in [0.717, 1.165) is 12.1 Å². The normalized spacial score (nSPS) is 12.3. The van der Waals surface area contributed by atoms with E-state index >= 15 is 0 Å². The second-order valence-electron chi connectivity index (χ2n) is 4.54. The minimum absolute atomic E-state index is 0.233. The van der Waals surface area contributed by atoms with Crippen LogP contribution in [-0.4, -0.2) is 29.3 Å². The van der Waals surface area contributed by atoms with Gasteiger partial charge in [-0.3, -0.25) is 4.79 Å². The molecule has 4 N–H and O–H groups in total. The molecular formula is C11H10F3N5O3S. The number of hydrogen-bond acceptors (Lipinski definition) is 5. The van der Waals surface area contributed by atoms with E-state index < -0.39 is 32.7 Å². The van der Waals surface area contributed by atoms with E-state index in [1.54, 1.807) is 0 Å². The van der Waals surface area contributed by atoms with Crippen LogP contribution in [0.3, 0.4) is 0 Å². The molecule has 12 heteroatoms. The van der Waals surface area contributed by atoms with Crippen molar-refractivity contribution in [3.63, 3.8) is 0 Å². The van der Waals surface area contributed by atoms with E-state index in [0.29, 0.717) is 10.9 Å². The maximum Gasteiger partial charge on any atom is 0.436 e. The van der Waals surface area contributed by atoms with Crippen LogP contribution in [-0.2, 0) is 27.4 Å². The molecule has 2 aromatic rings. The second kappa shape index (κ2) is 5.62. The lowest BCUT2D eigenvalue weighted by Crippen LogP contribution is -2.18. The number of amides is 1. The summed E-state index contributed by atoms with van der Waals surface area (Å²) in [6, 6.07) is 3.53. The SMILES string of the molecule is NC(=O)Cc1ccc(-n2cc(C(F)(F)F)nn2)c(S(N)(=O)=O)c1. The van der Waals surface area contributed by atoms with Crippen molar-refractivity contribution in [1.29, 1.82) is 0 Å². The van der Waals surface area contributed by atoms with Gasteiger partial charge in [0.05, 0.1) is 18.3 Å². The van der Waals surface area contributed by atoms with Gasteiger partial charge in [-0.15, -0.1) is 5.10 Å². The van der Waals surface area contributed by atoms with Crippen LogP contribution >= 0.6 is 0 Å². The lowest BCUT2D eigenvalue weighted by Gasteiger charge is -2.09. The molecule has 0 bridgehead atoms. The van der Waals surface area contributed by atoms with Gasteiger partial charge in [0, 0.05) is 0 Å². The summed E-state index contributed by atoms with van der Waals surface area (Å²) in [6.45, 7) is 0. The first-order chi connectivity index (χ1) is 10.5. The number of sulfonamides is 1. The number of aromatic nitrogens is 3. The molecular weight excluding hydrogens is 339 g/mol. The number of carbonyl (C=O) groups excluding carboxylic acids is 1. The largest absolute Gasteiger partial charge is 0.436 e. The van der Waals surface area contributed by atoms with E-state index in [-0.39, 0.29) is 17.7 Å². The van der Waals surface area contributed by atoms with Gasteiger partial charge >= 0.3 is 6.18 Å². The van der Waals surface area contributed by atoms with Crippen molar-refractivity contribution >= 4 is 15.9 Å². The molecule has 2 rings (SSSR count). The molecule has 1 amide bonds. The van der Waals surface area contributed by atoms with E-state index in [1.165, 1.54) is 6.07 Å². The van der Waals surface area contributed by atoms with Crippen LogP contribution in [0.15, 0.2) is 29.3 Å². The predicted octanol–water partition coefficient (Wildman–Crippen LogP) is -0.0387. The first-order valence-corrected chi connectivity index (χ1v) is 7.47. The van der Waals surface area contributed by atoms with Gasteiger partial charge in [0.15, 0.2) is 5.69 Å². The van der Waals surface area contributed by atoms with Crippen LogP contribution in [0.4, 0.5) is 13.2 Å². The standard InChI is InChI=1S/C11H10F3N5O3S/c12-11(13,14)9-5-19(18-17-9)7-2-1-6(4-10(15)20)3-8(7)23(16,21)22/h1-3,5H,4H2,(H2,15,20)(H2,16,21,22). The number of alkyl halides is 3. The number of halogens is 3. The molecule has 0 unspecified atom stereocenters. The van der Waals surface area contributed by atoms with Crippen molar-refractivity contribution in [1.82, 2.24) is 15.0 Å². The number of carbonyl (C=O) groups is 1.